The Hall–Kier alpha value is -3.06. The van der Waals surface area contributed by atoms with E-state index in [9.17, 15) is 19.6 Å². The zero-order valence-corrected chi connectivity index (χ0v) is 24.4. The number of aliphatic hydroxyl groups is 2. The van der Waals surface area contributed by atoms with E-state index < -0.39 is 50.3 Å². The van der Waals surface area contributed by atoms with Crippen LogP contribution < -0.4 is 15.3 Å². The third kappa shape index (κ3) is 6.72. The molecule has 1 unspecified atom stereocenters. The second-order valence-corrected chi connectivity index (χ2v) is 11.9. The van der Waals surface area contributed by atoms with Crippen molar-refractivity contribution in [3.05, 3.63) is 54.5 Å². The van der Waals surface area contributed by atoms with E-state index in [1.54, 1.807) is 49.4 Å². The molecule has 2 aromatic heterocycles. The number of esters is 1. The zero-order chi connectivity index (χ0) is 29.8. The number of carbonyl (C=O) groups is 1. The van der Waals surface area contributed by atoms with Crippen molar-refractivity contribution in [2.24, 2.45) is 5.92 Å². The fourth-order valence-electron chi connectivity index (χ4n) is 4.68. The van der Waals surface area contributed by atoms with Crippen molar-refractivity contribution in [3.8, 4) is 5.75 Å². The molecule has 0 aliphatic carbocycles. The van der Waals surface area contributed by atoms with Crippen molar-refractivity contribution in [2.45, 2.75) is 70.5 Å². The second-order valence-electron chi connectivity index (χ2n) is 10.2. The molecular formula is C27H38N5O8P. The fraction of sp³-hybridized carbons (Fsp3) is 0.519. The summed E-state index contributed by atoms with van der Waals surface area (Å²) in [4.78, 5) is 16.6. The summed E-state index contributed by atoms with van der Waals surface area (Å²) < 4.78 is 38.3. The maximum Gasteiger partial charge on any atom is 0.459 e. The Labute approximate surface area is 238 Å². The number of hydrogen-bond acceptors (Lipinski definition) is 11. The van der Waals surface area contributed by atoms with Gasteiger partial charge in [-0.05, 0) is 44.0 Å². The largest absolute Gasteiger partial charge is 0.464 e. The summed E-state index contributed by atoms with van der Waals surface area (Å²) in [7, 11) is -4.22. The molecule has 1 aliphatic heterocycles. The number of nitrogens with one attached hydrogen (secondary N) is 1. The van der Waals surface area contributed by atoms with Gasteiger partial charge < -0.3 is 29.9 Å². The van der Waals surface area contributed by atoms with E-state index in [2.05, 4.69) is 15.2 Å². The summed E-state index contributed by atoms with van der Waals surface area (Å²) in [6.07, 6.45) is -0.945. The summed E-state index contributed by atoms with van der Waals surface area (Å²) in [6.45, 7) is 6.92. The lowest BCUT2D eigenvalue weighted by Gasteiger charge is -2.27. The highest BCUT2D eigenvalue weighted by atomic mass is 31.2. The topological polar surface area (TPSA) is 180 Å². The molecule has 1 saturated heterocycles. The van der Waals surface area contributed by atoms with Crippen LogP contribution in [0, 0.1) is 5.92 Å². The molecule has 0 spiro atoms. The van der Waals surface area contributed by atoms with Gasteiger partial charge in [0.2, 0.25) is 0 Å². The normalized spacial score (nSPS) is 24.8. The van der Waals surface area contributed by atoms with E-state index in [0.717, 1.165) is 12.8 Å². The molecule has 0 radical (unpaired) electrons. The molecule has 3 aromatic rings. The molecule has 0 bridgehead atoms. The number of nitrogens with two attached hydrogens (primary N) is 1. The summed E-state index contributed by atoms with van der Waals surface area (Å²) in [5.74, 6) is 0.0760. The molecule has 3 heterocycles. The van der Waals surface area contributed by atoms with Gasteiger partial charge >= 0.3 is 13.7 Å². The Morgan fingerprint density at radius 1 is 1.22 bits per heavy atom. The standard InChI is InChI=1S/C27H38N5O8P/c1-5-18(6-2)14-37-26(35)17(3)31-41(36,40-19-10-8-7-9-11-19)38-15-21-23(33)24(34)27(4,39-21)22-13-12-20-25(28)29-16-30-32(20)22/h7-13,16-18,21,23-24,33-34H,5-6,14-15H2,1-4H3,(H,31,36)(H2,28,29,30)/t17-,21?,23+,24+,27-,41+/m0/s1. The number of anilines is 1. The number of carbonyl (C=O) groups excluding carboxylic acids is 1. The van der Waals surface area contributed by atoms with Crippen LogP contribution in [0.1, 0.15) is 46.2 Å². The van der Waals surface area contributed by atoms with Gasteiger partial charge in [0.05, 0.1) is 18.9 Å². The maximum absolute atomic E-state index is 13.9. The van der Waals surface area contributed by atoms with Gasteiger partial charge in [-0.15, -0.1) is 0 Å². The molecule has 0 saturated carbocycles. The first kappa shape index (κ1) is 30.9. The summed E-state index contributed by atoms with van der Waals surface area (Å²) in [5.41, 5.74) is 5.44. The molecule has 6 atom stereocenters. The van der Waals surface area contributed by atoms with Crippen molar-refractivity contribution >= 4 is 25.1 Å². The van der Waals surface area contributed by atoms with Gasteiger partial charge in [0.15, 0.2) is 5.82 Å². The van der Waals surface area contributed by atoms with Crippen LogP contribution >= 0.6 is 7.75 Å². The highest BCUT2D eigenvalue weighted by molar-refractivity contribution is 7.52. The number of aromatic nitrogens is 3. The molecule has 41 heavy (non-hydrogen) atoms. The van der Waals surface area contributed by atoms with E-state index in [1.165, 1.54) is 17.8 Å². The maximum atomic E-state index is 13.9. The Bertz CT molecular complexity index is 1370. The van der Waals surface area contributed by atoms with Crippen LogP contribution in [0.25, 0.3) is 5.52 Å². The number of nitrogen functional groups attached to an aromatic ring is 1. The summed E-state index contributed by atoms with van der Waals surface area (Å²) in [6, 6.07) is 10.6. The molecule has 13 nitrogen and oxygen atoms in total. The third-order valence-electron chi connectivity index (χ3n) is 7.35. The molecular weight excluding hydrogens is 553 g/mol. The number of para-hydroxylation sites is 1. The minimum atomic E-state index is -4.22. The highest BCUT2D eigenvalue weighted by Crippen LogP contribution is 2.47. The summed E-state index contributed by atoms with van der Waals surface area (Å²) in [5, 5.41) is 28.7. The van der Waals surface area contributed by atoms with Crippen LogP contribution in [-0.2, 0) is 29.0 Å². The molecule has 224 valence electrons. The van der Waals surface area contributed by atoms with E-state index in [0.29, 0.717) is 11.2 Å². The molecule has 5 N–H and O–H groups in total. The van der Waals surface area contributed by atoms with Gasteiger partial charge in [-0.3, -0.25) is 9.32 Å². The van der Waals surface area contributed by atoms with E-state index in [1.807, 2.05) is 13.8 Å². The molecule has 0 amide bonds. The van der Waals surface area contributed by atoms with Gasteiger partial charge in [-0.25, -0.2) is 14.1 Å². The number of benzene rings is 1. The number of nitrogens with zero attached hydrogens (tertiary/aromatic N) is 3. The second kappa shape index (κ2) is 12.8. The average molecular weight is 592 g/mol. The van der Waals surface area contributed by atoms with Crippen molar-refractivity contribution in [3.63, 3.8) is 0 Å². The van der Waals surface area contributed by atoms with Crippen molar-refractivity contribution in [1.29, 1.82) is 0 Å². The van der Waals surface area contributed by atoms with Gasteiger partial charge in [0.25, 0.3) is 0 Å². The van der Waals surface area contributed by atoms with Crippen LogP contribution in [0.5, 0.6) is 5.75 Å². The summed E-state index contributed by atoms with van der Waals surface area (Å²) >= 11 is 0. The molecule has 1 aromatic carbocycles. The lowest BCUT2D eigenvalue weighted by Crippen LogP contribution is -2.40. The number of hydrogen-bond donors (Lipinski definition) is 4. The number of rotatable bonds is 13. The number of ether oxygens (including phenoxy) is 2. The minimum Gasteiger partial charge on any atom is -0.464 e. The smallest absolute Gasteiger partial charge is 0.459 e. The Balaban J connectivity index is 1.50. The average Bonchev–Trinajstić information content (AvgIpc) is 3.49. The van der Waals surface area contributed by atoms with Gasteiger partial charge in [0, 0.05) is 0 Å². The third-order valence-corrected chi connectivity index (χ3v) is 9.00. The quantitative estimate of drug-likeness (QED) is 0.169. The van der Waals surface area contributed by atoms with Crippen LogP contribution in [0.3, 0.4) is 0 Å². The lowest BCUT2D eigenvalue weighted by molar-refractivity contribution is -0.146. The zero-order valence-electron chi connectivity index (χ0n) is 23.5. The fourth-order valence-corrected chi connectivity index (χ4v) is 6.18. The monoisotopic (exact) mass is 591 g/mol. The Morgan fingerprint density at radius 2 is 1.93 bits per heavy atom. The number of aliphatic hydroxyl groups excluding tert-OH is 2. The van der Waals surface area contributed by atoms with Crippen LogP contribution in [0.4, 0.5) is 5.82 Å². The van der Waals surface area contributed by atoms with Gasteiger partial charge in [-0.1, -0.05) is 44.9 Å². The van der Waals surface area contributed by atoms with Crippen molar-refractivity contribution in [2.75, 3.05) is 18.9 Å². The first-order chi connectivity index (χ1) is 19.5. The first-order valence-electron chi connectivity index (χ1n) is 13.6. The Kier molecular flexibility index (Phi) is 9.68. The lowest BCUT2D eigenvalue weighted by atomic mass is 9.93. The van der Waals surface area contributed by atoms with Crippen LogP contribution in [0.15, 0.2) is 48.8 Å². The van der Waals surface area contributed by atoms with Crippen molar-refractivity contribution in [1.82, 2.24) is 19.7 Å². The van der Waals surface area contributed by atoms with E-state index in [-0.39, 0.29) is 24.1 Å². The first-order valence-corrected chi connectivity index (χ1v) is 15.1. The SMILES string of the molecule is CCC(CC)COC(=O)[C@H](C)N[P@@](=O)(OCC1O[C@@](C)(c2ccc3c(N)ncnn23)[C@H](O)[C@@H]1O)Oc1ccccc1. The van der Waals surface area contributed by atoms with Crippen LogP contribution in [0.2, 0.25) is 0 Å². The molecule has 4 rings (SSSR count). The van der Waals surface area contributed by atoms with Crippen LogP contribution in [-0.4, -0.2) is 68.3 Å². The molecule has 14 heteroatoms. The van der Waals surface area contributed by atoms with Gasteiger partial charge in [0.1, 0.15) is 47.5 Å². The van der Waals surface area contributed by atoms with Gasteiger partial charge in [-0.2, -0.15) is 10.2 Å². The highest BCUT2D eigenvalue weighted by Gasteiger charge is 2.54. The van der Waals surface area contributed by atoms with E-state index in [4.69, 9.17) is 24.3 Å². The van der Waals surface area contributed by atoms with Crippen molar-refractivity contribution < 1.29 is 38.1 Å². The predicted molar refractivity (Wildman–Crippen MR) is 150 cm³/mol. The Morgan fingerprint density at radius 3 is 2.61 bits per heavy atom. The molecule has 1 aliphatic rings. The minimum absolute atomic E-state index is 0.220. The predicted octanol–water partition coefficient (Wildman–Crippen LogP) is 2.81. The number of fused-ring (bicyclic) bond motifs is 1. The van der Waals surface area contributed by atoms with E-state index >= 15 is 0 Å². The molecule has 1 fully saturated rings.